The fourth-order valence-corrected chi connectivity index (χ4v) is 4.06. The maximum atomic E-state index is 4.93. The number of hydrogen-bond donors (Lipinski definition) is 2. The van der Waals surface area contributed by atoms with E-state index in [0.29, 0.717) is 0 Å². The molecule has 0 aliphatic carbocycles. The molecule has 1 fully saturated rings. The van der Waals surface area contributed by atoms with Gasteiger partial charge in [-0.05, 0) is 37.0 Å². The molecular weight excluding hydrogens is 501 g/mol. The van der Waals surface area contributed by atoms with Gasteiger partial charge in [-0.1, -0.05) is 25.1 Å². The maximum absolute atomic E-state index is 4.93. The van der Waals surface area contributed by atoms with Crippen molar-refractivity contribution in [2.45, 2.75) is 26.7 Å². The molecule has 2 N–H and O–H groups in total. The van der Waals surface area contributed by atoms with E-state index in [4.69, 9.17) is 4.99 Å². The van der Waals surface area contributed by atoms with E-state index in [0.717, 1.165) is 64.0 Å². The van der Waals surface area contributed by atoms with Crippen molar-refractivity contribution >= 4 is 46.8 Å². The van der Waals surface area contributed by atoms with E-state index in [2.05, 4.69) is 68.3 Å². The number of anilines is 1. The summed E-state index contributed by atoms with van der Waals surface area (Å²) in [6.45, 7) is 9.59. The lowest BCUT2D eigenvalue weighted by Crippen LogP contribution is -2.53. The third kappa shape index (κ3) is 5.47. The smallest absolute Gasteiger partial charge is 0.225 e. The molecule has 166 valence electrons. The molecular formula is C23H32IN7. The normalized spacial score (nSPS) is 14.6. The zero-order valence-corrected chi connectivity index (χ0v) is 20.7. The summed E-state index contributed by atoms with van der Waals surface area (Å²) in [4.78, 5) is 21.7. The van der Waals surface area contributed by atoms with E-state index in [9.17, 15) is 0 Å². The number of rotatable bonds is 6. The molecule has 1 aromatic carbocycles. The van der Waals surface area contributed by atoms with Gasteiger partial charge in [0.15, 0.2) is 5.96 Å². The molecule has 3 aromatic rings. The second kappa shape index (κ2) is 11.3. The number of piperazine rings is 1. The first-order valence-corrected chi connectivity index (χ1v) is 10.9. The Bertz CT molecular complexity index is 978. The molecule has 1 aliphatic rings. The third-order valence-electron chi connectivity index (χ3n) is 5.66. The number of aryl methyl sites for hydroxylation is 1. The van der Waals surface area contributed by atoms with Gasteiger partial charge < -0.3 is 20.1 Å². The number of aromatic nitrogens is 3. The van der Waals surface area contributed by atoms with E-state index < -0.39 is 0 Å². The summed E-state index contributed by atoms with van der Waals surface area (Å²) in [5.41, 5.74) is 3.98. The highest BCUT2D eigenvalue weighted by Crippen LogP contribution is 2.22. The molecule has 4 rings (SSSR count). The SMILES string of the molecule is CCNC(=NCCc1c[nH]c2c(CC)cccc12)N1CCN(c2ncccn2)CC1.I. The molecule has 0 unspecified atom stereocenters. The predicted octanol–water partition coefficient (Wildman–Crippen LogP) is 3.47. The topological polar surface area (TPSA) is 72.4 Å². The van der Waals surface area contributed by atoms with Gasteiger partial charge in [-0.2, -0.15) is 0 Å². The van der Waals surface area contributed by atoms with Crippen molar-refractivity contribution in [3.8, 4) is 0 Å². The van der Waals surface area contributed by atoms with Crippen LogP contribution in [0.4, 0.5) is 5.95 Å². The van der Waals surface area contributed by atoms with Crippen molar-refractivity contribution in [2.24, 2.45) is 4.99 Å². The van der Waals surface area contributed by atoms with Gasteiger partial charge in [0, 0.05) is 68.8 Å². The summed E-state index contributed by atoms with van der Waals surface area (Å²) in [7, 11) is 0. The second-order valence-electron chi connectivity index (χ2n) is 7.52. The Kier molecular flexibility index (Phi) is 8.51. The van der Waals surface area contributed by atoms with Crippen molar-refractivity contribution in [1.82, 2.24) is 25.2 Å². The first kappa shape index (κ1) is 23.3. The van der Waals surface area contributed by atoms with Crippen LogP contribution < -0.4 is 10.2 Å². The molecule has 0 bridgehead atoms. The molecule has 31 heavy (non-hydrogen) atoms. The lowest BCUT2D eigenvalue weighted by atomic mass is 10.1. The van der Waals surface area contributed by atoms with E-state index >= 15 is 0 Å². The van der Waals surface area contributed by atoms with Crippen LogP contribution in [0.2, 0.25) is 0 Å². The van der Waals surface area contributed by atoms with Crippen molar-refractivity contribution in [3.05, 3.63) is 54.0 Å². The number of para-hydroxylation sites is 1. The molecule has 0 atom stereocenters. The average molecular weight is 533 g/mol. The van der Waals surface area contributed by atoms with Crippen LogP contribution in [-0.2, 0) is 12.8 Å². The lowest BCUT2D eigenvalue weighted by Gasteiger charge is -2.36. The number of aliphatic imine (C=N–C) groups is 1. The number of hydrogen-bond acceptors (Lipinski definition) is 4. The van der Waals surface area contributed by atoms with Gasteiger partial charge in [0.05, 0.1) is 0 Å². The molecule has 1 saturated heterocycles. The predicted molar refractivity (Wildman–Crippen MR) is 139 cm³/mol. The number of guanidine groups is 1. The van der Waals surface area contributed by atoms with Gasteiger partial charge in [-0.3, -0.25) is 4.99 Å². The Balaban J connectivity index is 0.00000272. The highest BCUT2D eigenvalue weighted by atomic mass is 127. The second-order valence-corrected chi connectivity index (χ2v) is 7.52. The molecule has 3 heterocycles. The van der Waals surface area contributed by atoms with Crippen molar-refractivity contribution in [3.63, 3.8) is 0 Å². The molecule has 0 spiro atoms. The quantitative estimate of drug-likeness (QED) is 0.289. The summed E-state index contributed by atoms with van der Waals surface area (Å²) in [6.07, 6.45) is 7.72. The molecule has 8 heteroatoms. The van der Waals surface area contributed by atoms with Gasteiger partial charge in [0.2, 0.25) is 5.95 Å². The van der Waals surface area contributed by atoms with Crippen LogP contribution in [0.3, 0.4) is 0 Å². The number of H-pyrrole nitrogens is 1. The Morgan fingerprint density at radius 1 is 1.06 bits per heavy atom. The minimum absolute atomic E-state index is 0. The lowest BCUT2D eigenvalue weighted by molar-refractivity contribution is 0.370. The van der Waals surface area contributed by atoms with E-state index in [-0.39, 0.29) is 24.0 Å². The molecule has 0 radical (unpaired) electrons. The number of nitrogens with zero attached hydrogens (tertiary/aromatic N) is 5. The van der Waals surface area contributed by atoms with Crippen LogP contribution in [0.1, 0.15) is 25.0 Å². The van der Waals surface area contributed by atoms with Crippen molar-refractivity contribution < 1.29 is 0 Å². The molecule has 2 aromatic heterocycles. The average Bonchev–Trinajstić information content (AvgIpc) is 3.22. The summed E-state index contributed by atoms with van der Waals surface area (Å²) in [5, 5.41) is 4.79. The fourth-order valence-electron chi connectivity index (χ4n) is 4.06. The Morgan fingerprint density at radius 2 is 1.84 bits per heavy atom. The molecule has 1 aliphatic heterocycles. The van der Waals surface area contributed by atoms with Gasteiger partial charge in [-0.15, -0.1) is 24.0 Å². The van der Waals surface area contributed by atoms with Crippen LogP contribution in [-0.4, -0.2) is 65.1 Å². The van der Waals surface area contributed by atoms with Crippen LogP contribution in [0.15, 0.2) is 47.8 Å². The fraction of sp³-hybridized carbons (Fsp3) is 0.435. The van der Waals surface area contributed by atoms with Gasteiger partial charge in [0.25, 0.3) is 0 Å². The largest absolute Gasteiger partial charge is 0.361 e. The molecule has 0 saturated carbocycles. The van der Waals surface area contributed by atoms with Gasteiger partial charge in [0.1, 0.15) is 0 Å². The van der Waals surface area contributed by atoms with Gasteiger partial charge >= 0.3 is 0 Å². The highest BCUT2D eigenvalue weighted by Gasteiger charge is 2.21. The Morgan fingerprint density at radius 3 is 2.55 bits per heavy atom. The third-order valence-corrected chi connectivity index (χ3v) is 5.66. The number of benzene rings is 1. The van der Waals surface area contributed by atoms with Crippen LogP contribution in [0, 0.1) is 0 Å². The monoisotopic (exact) mass is 533 g/mol. The Labute approximate surface area is 201 Å². The first-order chi connectivity index (χ1) is 14.8. The van der Waals surface area contributed by atoms with Crippen LogP contribution in [0.25, 0.3) is 10.9 Å². The summed E-state index contributed by atoms with van der Waals surface area (Å²) >= 11 is 0. The molecule has 0 amide bonds. The number of fused-ring (bicyclic) bond motifs is 1. The number of nitrogens with one attached hydrogen (secondary N) is 2. The zero-order chi connectivity index (χ0) is 20.8. The number of aromatic amines is 1. The van der Waals surface area contributed by atoms with Crippen LogP contribution >= 0.6 is 24.0 Å². The first-order valence-electron chi connectivity index (χ1n) is 10.9. The van der Waals surface area contributed by atoms with E-state index in [1.54, 1.807) is 12.4 Å². The summed E-state index contributed by atoms with van der Waals surface area (Å²) in [6, 6.07) is 8.42. The summed E-state index contributed by atoms with van der Waals surface area (Å²) < 4.78 is 0. The zero-order valence-electron chi connectivity index (χ0n) is 18.3. The maximum Gasteiger partial charge on any atom is 0.225 e. The number of halogens is 1. The van der Waals surface area contributed by atoms with E-state index in [1.165, 1.54) is 22.0 Å². The molecule has 7 nitrogen and oxygen atoms in total. The van der Waals surface area contributed by atoms with Crippen molar-refractivity contribution in [2.75, 3.05) is 44.2 Å². The Hall–Kier alpha value is -2.36. The van der Waals surface area contributed by atoms with E-state index in [1.807, 2.05) is 6.07 Å². The highest BCUT2D eigenvalue weighted by molar-refractivity contribution is 14.0. The van der Waals surface area contributed by atoms with Crippen LogP contribution in [0.5, 0.6) is 0 Å². The van der Waals surface area contributed by atoms with Crippen molar-refractivity contribution in [1.29, 1.82) is 0 Å². The summed E-state index contributed by atoms with van der Waals surface area (Å²) in [5.74, 6) is 1.81. The minimum Gasteiger partial charge on any atom is -0.361 e. The standard InChI is InChI=1S/C23H31N7.HI/c1-3-18-7-5-8-20-19(17-28-21(18)20)9-12-27-22(24-4-2)29-13-15-30(16-14-29)23-25-10-6-11-26-23;/h5-8,10-11,17,28H,3-4,9,12-16H2,1-2H3,(H,24,27);1H. The minimum atomic E-state index is 0. The van der Waals surface area contributed by atoms with Gasteiger partial charge in [-0.25, -0.2) is 9.97 Å².